The molecule has 0 spiro atoms. The number of benzene rings is 2. The molecule has 0 radical (unpaired) electrons. The zero-order valence-electron chi connectivity index (χ0n) is 15.1. The summed E-state index contributed by atoms with van der Waals surface area (Å²) >= 11 is 0. The molecule has 3 rings (SSSR count). The smallest absolute Gasteiger partial charge is 0.229 e. The summed E-state index contributed by atoms with van der Waals surface area (Å²) in [6.07, 6.45) is 0.101. The van der Waals surface area contributed by atoms with E-state index in [1.54, 1.807) is 49.6 Å². The van der Waals surface area contributed by atoms with Crippen molar-refractivity contribution in [2.24, 2.45) is 5.92 Å². The van der Waals surface area contributed by atoms with Crippen molar-refractivity contribution >= 4 is 23.2 Å². The fourth-order valence-corrected chi connectivity index (χ4v) is 3.03. The number of nitrogens with one attached hydrogen (secondary N) is 1. The van der Waals surface area contributed by atoms with E-state index in [9.17, 15) is 9.59 Å². The second kappa shape index (κ2) is 7.79. The molecule has 1 fully saturated rings. The van der Waals surface area contributed by atoms with Crippen molar-refractivity contribution in [2.45, 2.75) is 6.42 Å². The van der Waals surface area contributed by atoms with Gasteiger partial charge in [0.15, 0.2) is 0 Å². The van der Waals surface area contributed by atoms with Crippen molar-refractivity contribution in [1.29, 1.82) is 5.26 Å². The molecule has 1 aliphatic heterocycles. The minimum absolute atomic E-state index is 0.101. The summed E-state index contributed by atoms with van der Waals surface area (Å²) in [6.45, 7) is 0.242. The molecule has 1 saturated heterocycles. The van der Waals surface area contributed by atoms with Crippen LogP contribution >= 0.6 is 0 Å². The van der Waals surface area contributed by atoms with Gasteiger partial charge < -0.3 is 19.7 Å². The van der Waals surface area contributed by atoms with E-state index >= 15 is 0 Å². The Labute approximate surface area is 157 Å². The van der Waals surface area contributed by atoms with Crippen molar-refractivity contribution in [2.75, 3.05) is 31.0 Å². The van der Waals surface area contributed by atoms with Gasteiger partial charge in [0.2, 0.25) is 11.8 Å². The van der Waals surface area contributed by atoms with E-state index in [4.69, 9.17) is 14.7 Å². The number of amides is 2. The van der Waals surface area contributed by atoms with Crippen molar-refractivity contribution in [3.05, 3.63) is 48.0 Å². The topological polar surface area (TPSA) is 91.7 Å². The Morgan fingerprint density at radius 2 is 2.04 bits per heavy atom. The van der Waals surface area contributed by atoms with Gasteiger partial charge >= 0.3 is 0 Å². The maximum atomic E-state index is 12.6. The van der Waals surface area contributed by atoms with Gasteiger partial charge in [0, 0.05) is 24.7 Å². The van der Waals surface area contributed by atoms with Gasteiger partial charge in [-0.05, 0) is 30.3 Å². The van der Waals surface area contributed by atoms with E-state index in [1.165, 1.54) is 12.0 Å². The van der Waals surface area contributed by atoms with Crippen LogP contribution in [0, 0.1) is 17.2 Å². The number of methoxy groups -OCH3 is 2. The zero-order valence-corrected chi connectivity index (χ0v) is 15.1. The molecule has 1 aliphatic rings. The molecule has 7 heteroatoms. The van der Waals surface area contributed by atoms with Gasteiger partial charge in [-0.15, -0.1) is 0 Å². The van der Waals surface area contributed by atoms with E-state index in [0.29, 0.717) is 28.4 Å². The lowest BCUT2D eigenvalue weighted by molar-refractivity contribution is -0.122. The summed E-state index contributed by atoms with van der Waals surface area (Å²) in [6, 6.07) is 13.9. The lowest BCUT2D eigenvalue weighted by Crippen LogP contribution is -2.28. The molecule has 27 heavy (non-hydrogen) atoms. The van der Waals surface area contributed by atoms with E-state index in [0.717, 1.165) is 0 Å². The Kier molecular flexibility index (Phi) is 5.27. The number of carbonyl (C=O) groups excluding carboxylic acids is 2. The molecular formula is C20H19N3O4. The number of ether oxygens (including phenoxy) is 2. The van der Waals surface area contributed by atoms with Gasteiger partial charge in [-0.25, -0.2) is 0 Å². The van der Waals surface area contributed by atoms with Crippen LogP contribution in [-0.2, 0) is 9.59 Å². The summed E-state index contributed by atoms with van der Waals surface area (Å²) in [5.74, 6) is 0.209. The number of hydrogen-bond donors (Lipinski definition) is 1. The maximum Gasteiger partial charge on any atom is 0.229 e. The number of rotatable bonds is 5. The molecule has 0 saturated carbocycles. The minimum atomic E-state index is -0.501. The summed E-state index contributed by atoms with van der Waals surface area (Å²) in [7, 11) is 3.07. The van der Waals surface area contributed by atoms with E-state index < -0.39 is 5.92 Å². The second-order valence-corrected chi connectivity index (χ2v) is 6.13. The first-order chi connectivity index (χ1) is 13.0. The number of carbonyl (C=O) groups is 2. The highest BCUT2D eigenvalue weighted by molar-refractivity contribution is 6.04. The standard InChI is InChI=1S/C20H19N3O4/c1-26-16-6-7-18(27-2)17(10-16)23-12-14(9-19(23)24)20(25)22-15-5-3-4-13(8-15)11-21/h3-8,10,14H,9,12H2,1-2H3,(H,22,25). The number of anilines is 2. The van der Waals surface area contributed by atoms with Crippen LogP contribution in [0.25, 0.3) is 0 Å². The SMILES string of the molecule is COc1ccc(OC)c(N2CC(C(=O)Nc3cccc(C#N)c3)CC2=O)c1. The monoisotopic (exact) mass is 365 g/mol. The van der Waals surface area contributed by atoms with E-state index in [1.807, 2.05) is 6.07 Å². The van der Waals surface area contributed by atoms with Crippen LogP contribution in [0.2, 0.25) is 0 Å². The predicted molar refractivity (Wildman–Crippen MR) is 99.8 cm³/mol. The Morgan fingerprint density at radius 3 is 2.74 bits per heavy atom. The Hall–Kier alpha value is -3.53. The highest BCUT2D eigenvalue weighted by Gasteiger charge is 2.36. The minimum Gasteiger partial charge on any atom is -0.497 e. The summed E-state index contributed by atoms with van der Waals surface area (Å²) in [4.78, 5) is 26.6. The second-order valence-electron chi connectivity index (χ2n) is 6.13. The third kappa shape index (κ3) is 3.85. The molecule has 2 aromatic rings. The number of nitriles is 1. The van der Waals surface area contributed by atoms with E-state index in [-0.39, 0.29) is 24.8 Å². The van der Waals surface area contributed by atoms with Crippen LogP contribution in [0.3, 0.4) is 0 Å². The first-order valence-corrected chi connectivity index (χ1v) is 8.39. The molecule has 2 aromatic carbocycles. The van der Waals surface area contributed by atoms with Crippen molar-refractivity contribution in [3.8, 4) is 17.6 Å². The zero-order chi connectivity index (χ0) is 19.4. The number of hydrogen-bond acceptors (Lipinski definition) is 5. The van der Waals surface area contributed by atoms with Crippen LogP contribution in [0.15, 0.2) is 42.5 Å². The molecule has 138 valence electrons. The quantitative estimate of drug-likeness (QED) is 0.879. The highest BCUT2D eigenvalue weighted by Crippen LogP contribution is 2.36. The van der Waals surface area contributed by atoms with Crippen LogP contribution in [0.4, 0.5) is 11.4 Å². The molecule has 1 N–H and O–H groups in total. The van der Waals surface area contributed by atoms with Gasteiger partial charge in [-0.2, -0.15) is 5.26 Å². The van der Waals surface area contributed by atoms with Gasteiger partial charge in [0.1, 0.15) is 11.5 Å². The fraction of sp³-hybridized carbons (Fsp3) is 0.250. The van der Waals surface area contributed by atoms with Crippen molar-refractivity contribution < 1.29 is 19.1 Å². The molecule has 0 aliphatic carbocycles. The lowest BCUT2D eigenvalue weighted by atomic mass is 10.1. The molecule has 1 heterocycles. The first-order valence-electron chi connectivity index (χ1n) is 8.39. The summed E-state index contributed by atoms with van der Waals surface area (Å²) < 4.78 is 10.6. The molecule has 0 aromatic heterocycles. The molecule has 0 bridgehead atoms. The molecule has 1 unspecified atom stereocenters. The Balaban J connectivity index is 1.77. The Morgan fingerprint density at radius 1 is 1.22 bits per heavy atom. The van der Waals surface area contributed by atoms with Crippen LogP contribution in [0.5, 0.6) is 11.5 Å². The lowest BCUT2D eigenvalue weighted by Gasteiger charge is -2.20. The molecule has 7 nitrogen and oxygen atoms in total. The average molecular weight is 365 g/mol. The third-order valence-electron chi connectivity index (χ3n) is 4.43. The summed E-state index contributed by atoms with van der Waals surface area (Å²) in [5, 5.41) is 11.7. The maximum absolute atomic E-state index is 12.6. The van der Waals surface area contributed by atoms with Crippen molar-refractivity contribution in [1.82, 2.24) is 0 Å². The largest absolute Gasteiger partial charge is 0.497 e. The summed E-state index contributed by atoms with van der Waals surface area (Å²) in [5.41, 5.74) is 1.56. The van der Waals surface area contributed by atoms with Crippen LogP contribution in [0.1, 0.15) is 12.0 Å². The predicted octanol–water partition coefficient (Wildman–Crippen LogP) is 2.57. The number of nitrogens with zero attached hydrogens (tertiary/aromatic N) is 2. The normalized spacial score (nSPS) is 16.0. The Bertz CT molecular complexity index is 920. The van der Waals surface area contributed by atoms with Crippen molar-refractivity contribution in [3.63, 3.8) is 0 Å². The van der Waals surface area contributed by atoms with Crippen LogP contribution in [-0.4, -0.2) is 32.6 Å². The highest BCUT2D eigenvalue weighted by atomic mass is 16.5. The average Bonchev–Trinajstić information content (AvgIpc) is 3.09. The fourth-order valence-electron chi connectivity index (χ4n) is 3.03. The molecule has 1 atom stereocenters. The van der Waals surface area contributed by atoms with Gasteiger partial charge in [-0.1, -0.05) is 6.07 Å². The van der Waals surface area contributed by atoms with Gasteiger partial charge in [0.05, 0.1) is 37.5 Å². The first kappa shape index (κ1) is 18.3. The third-order valence-corrected chi connectivity index (χ3v) is 4.43. The van der Waals surface area contributed by atoms with Crippen LogP contribution < -0.4 is 19.7 Å². The molecular weight excluding hydrogens is 346 g/mol. The molecule has 2 amide bonds. The van der Waals surface area contributed by atoms with Gasteiger partial charge in [-0.3, -0.25) is 9.59 Å². The van der Waals surface area contributed by atoms with E-state index in [2.05, 4.69) is 5.32 Å². The van der Waals surface area contributed by atoms with Gasteiger partial charge in [0.25, 0.3) is 0 Å².